The summed E-state index contributed by atoms with van der Waals surface area (Å²) in [5.41, 5.74) is 1.20. The highest BCUT2D eigenvalue weighted by Crippen LogP contribution is 2.32. The average molecular weight is 397 g/mol. The quantitative estimate of drug-likeness (QED) is 0.707. The molecule has 5 nitrogen and oxygen atoms in total. The van der Waals surface area contributed by atoms with Crippen LogP contribution in [0.5, 0.6) is 5.75 Å². The Morgan fingerprint density at radius 1 is 1.05 bits per heavy atom. The first-order valence-corrected chi connectivity index (χ1v) is 7.15. The number of hydrogen-bond acceptors (Lipinski definition) is 5. The third kappa shape index (κ3) is 2.59. The third-order valence-electron chi connectivity index (χ3n) is 2.58. The largest absolute Gasteiger partial charge is 0.507 e. The van der Waals surface area contributed by atoms with Gasteiger partial charge in [0.15, 0.2) is 0 Å². The van der Waals surface area contributed by atoms with E-state index < -0.39 is 0 Å². The van der Waals surface area contributed by atoms with Crippen LogP contribution in [0.1, 0.15) is 0 Å². The van der Waals surface area contributed by atoms with Gasteiger partial charge in [0.2, 0.25) is 5.82 Å². The van der Waals surface area contributed by atoms with Crippen molar-refractivity contribution in [2.45, 2.75) is 0 Å². The lowest BCUT2D eigenvalue weighted by Gasteiger charge is -1.99. The fourth-order valence-electron chi connectivity index (χ4n) is 1.66. The van der Waals surface area contributed by atoms with Crippen LogP contribution >= 0.6 is 31.9 Å². The third-order valence-corrected chi connectivity index (χ3v) is 3.51. The molecule has 20 heavy (non-hydrogen) atoms. The summed E-state index contributed by atoms with van der Waals surface area (Å²) in [5, 5.41) is 13.7. The molecule has 7 heteroatoms. The number of nitrogens with zero attached hydrogens (tertiary/aromatic N) is 3. The second-order valence-electron chi connectivity index (χ2n) is 3.98. The van der Waals surface area contributed by atoms with Gasteiger partial charge in [-0.2, -0.15) is 4.98 Å². The molecule has 3 aromatic rings. The number of aromatic nitrogens is 3. The number of pyridine rings is 1. The van der Waals surface area contributed by atoms with E-state index in [4.69, 9.17) is 4.52 Å². The predicted octanol–water partition coefficient (Wildman–Crippen LogP) is 4.03. The smallest absolute Gasteiger partial charge is 0.262 e. The van der Waals surface area contributed by atoms with Crippen LogP contribution in [0, 0.1) is 0 Å². The van der Waals surface area contributed by atoms with E-state index in [1.165, 1.54) is 0 Å². The summed E-state index contributed by atoms with van der Waals surface area (Å²) in [7, 11) is 0. The lowest BCUT2D eigenvalue weighted by molar-refractivity contribution is 0.425. The van der Waals surface area contributed by atoms with Gasteiger partial charge in [0.05, 0.1) is 5.56 Å². The van der Waals surface area contributed by atoms with Gasteiger partial charge in [-0.25, -0.2) is 0 Å². The maximum absolute atomic E-state index is 9.84. The topological polar surface area (TPSA) is 72.0 Å². The van der Waals surface area contributed by atoms with E-state index in [2.05, 4.69) is 47.0 Å². The molecule has 0 amide bonds. The van der Waals surface area contributed by atoms with Gasteiger partial charge < -0.3 is 9.63 Å². The van der Waals surface area contributed by atoms with E-state index in [1.54, 1.807) is 30.6 Å². The number of aromatic hydroxyl groups is 1. The number of phenols is 1. The first-order valence-electron chi connectivity index (χ1n) is 5.57. The Balaban J connectivity index is 2.04. The van der Waals surface area contributed by atoms with Crippen molar-refractivity contribution in [3.63, 3.8) is 0 Å². The van der Waals surface area contributed by atoms with Crippen molar-refractivity contribution in [2.24, 2.45) is 0 Å². The molecule has 0 saturated carbocycles. The Kier molecular flexibility index (Phi) is 3.54. The average Bonchev–Trinajstić information content (AvgIpc) is 2.91. The number of benzene rings is 1. The fraction of sp³-hybridized carbons (Fsp3) is 0. The summed E-state index contributed by atoms with van der Waals surface area (Å²) < 4.78 is 6.84. The van der Waals surface area contributed by atoms with Gasteiger partial charge in [-0.3, -0.25) is 4.98 Å². The molecule has 0 unspecified atom stereocenters. The molecule has 100 valence electrons. The summed E-state index contributed by atoms with van der Waals surface area (Å²) >= 11 is 6.68. The van der Waals surface area contributed by atoms with Crippen molar-refractivity contribution in [1.29, 1.82) is 0 Å². The van der Waals surface area contributed by atoms with Crippen LogP contribution in [0.25, 0.3) is 22.8 Å². The number of phenolic OH excluding ortho intramolecular Hbond substituents is 1. The summed E-state index contributed by atoms with van der Waals surface area (Å²) in [5.74, 6) is 0.739. The molecule has 1 aromatic carbocycles. The van der Waals surface area contributed by atoms with Crippen molar-refractivity contribution in [1.82, 2.24) is 15.1 Å². The van der Waals surface area contributed by atoms with E-state index >= 15 is 0 Å². The van der Waals surface area contributed by atoms with E-state index in [0.29, 0.717) is 11.4 Å². The second-order valence-corrected chi connectivity index (χ2v) is 5.81. The van der Waals surface area contributed by atoms with Gasteiger partial charge in [0.25, 0.3) is 5.89 Å². The molecular weight excluding hydrogens is 390 g/mol. The molecule has 0 radical (unpaired) electrons. The minimum atomic E-state index is 0.0794. The number of halogens is 2. The monoisotopic (exact) mass is 395 g/mol. The summed E-state index contributed by atoms with van der Waals surface area (Å²) in [6.45, 7) is 0. The Morgan fingerprint density at radius 2 is 1.90 bits per heavy atom. The Labute approximate surface area is 130 Å². The van der Waals surface area contributed by atoms with Crippen LogP contribution in [0.4, 0.5) is 0 Å². The van der Waals surface area contributed by atoms with E-state index in [0.717, 1.165) is 14.5 Å². The van der Waals surface area contributed by atoms with Crippen molar-refractivity contribution in [3.05, 3.63) is 45.6 Å². The molecular formula is C13H7Br2N3O2. The van der Waals surface area contributed by atoms with Crippen molar-refractivity contribution >= 4 is 31.9 Å². The first kappa shape index (κ1) is 13.3. The molecule has 0 aliphatic rings. The summed E-state index contributed by atoms with van der Waals surface area (Å²) in [6, 6.07) is 6.84. The molecule has 0 bridgehead atoms. The Hall–Kier alpha value is -1.73. The van der Waals surface area contributed by atoms with Crippen LogP contribution < -0.4 is 0 Å². The second kappa shape index (κ2) is 5.34. The highest BCUT2D eigenvalue weighted by molar-refractivity contribution is 9.10. The maximum Gasteiger partial charge on any atom is 0.262 e. The van der Waals surface area contributed by atoms with Crippen LogP contribution in [0.15, 0.2) is 50.1 Å². The van der Waals surface area contributed by atoms with Gasteiger partial charge >= 0.3 is 0 Å². The normalized spacial score (nSPS) is 10.7. The minimum Gasteiger partial charge on any atom is -0.507 e. The molecule has 2 aromatic heterocycles. The lowest BCUT2D eigenvalue weighted by Crippen LogP contribution is -1.83. The standard InChI is InChI=1S/C13H7Br2N3O2/c14-8-1-2-11(19)10(4-8)13-17-12(18-20-13)7-3-9(15)6-16-5-7/h1-6,19H. The molecule has 3 rings (SSSR count). The zero-order valence-electron chi connectivity index (χ0n) is 9.92. The molecule has 0 saturated heterocycles. The molecule has 0 fully saturated rings. The number of rotatable bonds is 2. The van der Waals surface area contributed by atoms with E-state index in [1.807, 2.05) is 6.07 Å². The van der Waals surface area contributed by atoms with Crippen LogP contribution in [0.2, 0.25) is 0 Å². The molecule has 2 heterocycles. The Bertz CT molecular complexity index is 774. The van der Waals surface area contributed by atoms with E-state index in [9.17, 15) is 5.11 Å². The zero-order valence-corrected chi connectivity index (χ0v) is 13.1. The number of hydrogen-bond donors (Lipinski definition) is 1. The highest BCUT2D eigenvalue weighted by Gasteiger charge is 2.14. The van der Waals surface area contributed by atoms with Crippen molar-refractivity contribution in [3.8, 4) is 28.6 Å². The van der Waals surface area contributed by atoms with Crippen LogP contribution in [-0.4, -0.2) is 20.2 Å². The van der Waals surface area contributed by atoms with Crippen LogP contribution in [-0.2, 0) is 0 Å². The maximum atomic E-state index is 9.84. The summed E-state index contributed by atoms with van der Waals surface area (Å²) in [6.07, 6.45) is 3.31. The molecule has 0 atom stereocenters. The van der Waals surface area contributed by atoms with Gasteiger partial charge in [-0.05, 0) is 40.2 Å². The molecule has 0 aliphatic carbocycles. The highest BCUT2D eigenvalue weighted by atomic mass is 79.9. The minimum absolute atomic E-state index is 0.0794. The zero-order chi connectivity index (χ0) is 14.1. The molecule has 0 spiro atoms. The van der Waals surface area contributed by atoms with Crippen molar-refractivity contribution in [2.75, 3.05) is 0 Å². The first-order chi connectivity index (χ1) is 9.63. The van der Waals surface area contributed by atoms with Gasteiger partial charge in [0.1, 0.15) is 5.75 Å². The molecule has 0 aliphatic heterocycles. The Morgan fingerprint density at radius 3 is 2.70 bits per heavy atom. The fourth-order valence-corrected chi connectivity index (χ4v) is 2.39. The predicted molar refractivity (Wildman–Crippen MR) is 80.0 cm³/mol. The van der Waals surface area contributed by atoms with Gasteiger partial charge in [0, 0.05) is 26.9 Å². The van der Waals surface area contributed by atoms with Crippen molar-refractivity contribution < 1.29 is 9.63 Å². The van der Waals surface area contributed by atoms with Crippen LogP contribution in [0.3, 0.4) is 0 Å². The SMILES string of the molecule is Oc1ccc(Br)cc1-c1nc(-c2cncc(Br)c2)no1. The van der Waals surface area contributed by atoms with Gasteiger partial charge in [-0.15, -0.1) is 0 Å². The molecule has 1 N–H and O–H groups in total. The summed E-state index contributed by atoms with van der Waals surface area (Å²) in [4.78, 5) is 8.32. The van der Waals surface area contributed by atoms with E-state index in [-0.39, 0.29) is 11.6 Å². The lowest BCUT2D eigenvalue weighted by atomic mass is 10.2. The van der Waals surface area contributed by atoms with Gasteiger partial charge in [-0.1, -0.05) is 21.1 Å².